The third-order valence-corrected chi connectivity index (χ3v) is 4.96. The van der Waals surface area contributed by atoms with Crippen molar-refractivity contribution in [1.29, 1.82) is 0 Å². The minimum atomic E-state index is -1.10. The fourth-order valence-corrected chi connectivity index (χ4v) is 3.51. The summed E-state index contributed by atoms with van der Waals surface area (Å²) in [6, 6.07) is 6.50. The Bertz CT molecular complexity index is 833. The largest absolute Gasteiger partial charge is 0.482 e. The molecular weight excluding hydrogens is 388 g/mol. The molecule has 0 radical (unpaired) electrons. The predicted molar refractivity (Wildman–Crippen MR) is 99.6 cm³/mol. The highest BCUT2D eigenvalue weighted by molar-refractivity contribution is 8.18. The predicted octanol–water partition coefficient (Wildman–Crippen LogP) is 1.05. The number of thioether (sulfide) groups is 1. The molecule has 2 fully saturated rings. The highest BCUT2D eigenvalue weighted by Gasteiger charge is 2.37. The Morgan fingerprint density at radius 1 is 1.25 bits per heavy atom. The van der Waals surface area contributed by atoms with Crippen molar-refractivity contribution in [2.75, 3.05) is 39.5 Å². The zero-order chi connectivity index (χ0) is 20.1. The van der Waals surface area contributed by atoms with E-state index in [-0.39, 0.29) is 17.4 Å². The number of carbonyl (C=O) groups excluding carboxylic acids is 3. The molecule has 0 saturated carbocycles. The standard InChI is InChI=1S/C18H18N2O7S/c21-15(19-4-6-26-7-5-19)10-20-17(24)14(28-18(20)25)9-12-2-1-3-13(8-12)27-11-16(22)23/h1-3,8-9H,4-7,10-11H2,(H,22,23)/b14-9+. The summed E-state index contributed by atoms with van der Waals surface area (Å²) in [4.78, 5) is 50.3. The number of benzene rings is 1. The Labute approximate surface area is 164 Å². The maximum absolute atomic E-state index is 12.6. The average Bonchev–Trinajstić information content (AvgIpc) is 2.94. The number of ether oxygens (including phenoxy) is 2. The van der Waals surface area contributed by atoms with E-state index in [0.717, 1.165) is 16.7 Å². The summed E-state index contributed by atoms with van der Waals surface area (Å²) in [5, 5.41) is 8.16. The van der Waals surface area contributed by atoms with Crippen molar-refractivity contribution < 1.29 is 33.8 Å². The van der Waals surface area contributed by atoms with Crippen LogP contribution in [0.25, 0.3) is 6.08 Å². The number of carboxylic acids is 1. The van der Waals surface area contributed by atoms with E-state index in [0.29, 0.717) is 37.6 Å². The van der Waals surface area contributed by atoms with Gasteiger partial charge in [0.05, 0.1) is 18.1 Å². The number of carboxylic acid groups (broad SMARTS) is 1. The fraction of sp³-hybridized carbons (Fsp3) is 0.333. The van der Waals surface area contributed by atoms with Gasteiger partial charge < -0.3 is 19.5 Å². The lowest BCUT2D eigenvalue weighted by atomic mass is 10.2. The van der Waals surface area contributed by atoms with Crippen LogP contribution in [0.4, 0.5) is 4.79 Å². The van der Waals surface area contributed by atoms with Gasteiger partial charge in [0.2, 0.25) is 5.91 Å². The van der Waals surface area contributed by atoms with E-state index in [1.807, 2.05) is 0 Å². The van der Waals surface area contributed by atoms with Gasteiger partial charge in [0.1, 0.15) is 12.3 Å². The van der Waals surface area contributed by atoms with Crippen molar-refractivity contribution in [3.05, 3.63) is 34.7 Å². The second-order valence-corrected chi connectivity index (χ2v) is 7.01. The van der Waals surface area contributed by atoms with Crippen molar-refractivity contribution >= 4 is 40.9 Å². The van der Waals surface area contributed by atoms with Gasteiger partial charge in [-0.25, -0.2) is 4.79 Å². The van der Waals surface area contributed by atoms with E-state index in [1.54, 1.807) is 29.2 Å². The van der Waals surface area contributed by atoms with Gasteiger partial charge in [0.15, 0.2) is 6.61 Å². The Kier molecular flexibility index (Phi) is 6.32. The van der Waals surface area contributed by atoms with Gasteiger partial charge in [-0.15, -0.1) is 0 Å². The molecule has 3 amide bonds. The fourth-order valence-electron chi connectivity index (χ4n) is 2.67. The summed E-state index contributed by atoms with van der Waals surface area (Å²) < 4.78 is 10.3. The molecule has 2 aliphatic heterocycles. The molecule has 0 aromatic heterocycles. The highest BCUT2D eigenvalue weighted by atomic mass is 32.2. The third-order valence-electron chi connectivity index (χ3n) is 4.05. The van der Waals surface area contributed by atoms with Crippen LogP contribution in [0.15, 0.2) is 29.2 Å². The van der Waals surface area contributed by atoms with Gasteiger partial charge in [-0.1, -0.05) is 12.1 Å². The molecule has 2 saturated heterocycles. The zero-order valence-electron chi connectivity index (χ0n) is 14.8. The first kappa shape index (κ1) is 19.9. The molecule has 3 rings (SSSR count). The van der Waals surface area contributed by atoms with Crippen molar-refractivity contribution in [2.45, 2.75) is 0 Å². The maximum Gasteiger partial charge on any atom is 0.341 e. The summed E-state index contributed by atoms with van der Waals surface area (Å²) in [5.41, 5.74) is 0.577. The normalized spacial score (nSPS) is 18.6. The van der Waals surface area contributed by atoms with Gasteiger partial charge in [0, 0.05) is 13.1 Å². The minimum Gasteiger partial charge on any atom is -0.482 e. The molecule has 148 valence electrons. The number of nitrogens with zero attached hydrogens (tertiary/aromatic N) is 2. The number of amides is 3. The Morgan fingerprint density at radius 2 is 2.00 bits per heavy atom. The van der Waals surface area contributed by atoms with Crippen LogP contribution in [-0.2, 0) is 19.1 Å². The lowest BCUT2D eigenvalue weighted by Gasteiger charge is -2.28. The lowest BCUT2D eigenvalue weighted by molar-refractivity contribution is -0.139. The van der Waals surface area contributed by atoms with Gasteiger partial charge in [-0.05, 0) is 35.5 Å². The molecule has 0 aliphatic carbocycles. The molecule has 1 N–H and O–H groups in total. The minimum absolute atomic E-state index is 0.190. The summed E-state index contributed by atoms with van der Waals surface area (Å²) in [6.07, 6.45) is 1.51. The van der Waals surface area contributed by atoms with Gasteiger partial charge in [0.25, 0.3) is 11.1 Å². The highest BCUT2D eigenvalue weighted by Crippen LogP contribution is 2.32. The van der Waals surface area contributed by atoms with Crippen LogP contribution >= 0.6 is 11.8 Å². The van der Waals surface area contributed by atoms with Crippen molar-refractivity contribution in [1.82, 2.24) is 9.80 Å². The van der Waals surface area contributed by atoms with Crippen LogP contribution in [0.1, 0.15) is 5.56 Å². The Hall–Kier alpha value is -2.85. The SMILES string of the molecule is O=C(O)COc1cccc(/C=C2/SC(=O)N(CC(=O)N3CCOCC3)C2=O)c1. The summed E-state index contributed by atoms with van der Waals surface area (Å²) in [7, 11) is 0. The molecule has 28 heavy (non-hydrogen) atoms. The van der Waals surface area contributed by atoms with Crippen molar-refractivity contribution in [3.8, 4) is 5.75 Å². The third kappa shape index (κ3) is 4.90. The van der Waals surface area contributed by atoms with Crippen LogP contribution in [0.2, 0.25) is 0 Å². The first-order chi connectivity index (χ1) is 13.4. The molecule has 2 heterocycles. The van der Waals surface area contributed by atoms with Gasteiger partial charge >= 0.3 is 5.97 Å². The second kappa shape index (κ2) is 8.89. The first-order valence-electron chi connectivity index (χ1n) is 8.49. The molecule has 10 heteroatoms. The number of hydrogen-bond acceptors (Lipinski definition) is 7. The van der Waals surface area contributed by atoms with E-state index in [4.69, 9.17) is 14.6 Å². The van der Waals surface area contributed by atoms with E-state index < -0.39 is 23.7 Å². The molecule has 1 aromatic carbocycles. The molecule has 2 aliphatic rings. The van der Waals surface area contributed by atoms with Crippen LogP contribution in [0.3, 0.4) is 0 Å². The molecule has 0 spiro atoms. The van der Waals surface area contributed by atoms with Crippen LogP contribution < -0.4 is 4.74 Å². The summed E-state index contributed by atoms with van der Waals surface area (Å²) in [5.74, 6) is -1.60. The Balaban J connectivity index is 1.68. The summed E-state index contributed by atoms with van der Waals surface area (Å²) in [6.45, 7) is 0.969. The lowest BCUT2D eigenvalue weighted by Crippen LogP contribution is -2.46. The summed E-state index contributed by atoms with van der Waals surface area (Å²) >= 11 is 0.758. The molecule has 9 nitrogen and oxygen atoms in total. The molecular formula is C18H18N2O7S. The number of carbonyl (C=O) groups is 4. The average molecular weight is 406 g/mol. The topological polar surface area (TPSA) is 113 Å². The molecule has 0 atom stereocenters. The zero-order valence-corrected chi connectivity index (χ0v) is 15.6. The number of hydrogen-bond donors (Lipinski definition) is 1. The second-order valence-electron chi connectivity index (χ2n) is 6.02. The van der Waals surface area contributed by atoms with E-state index >= 15 is 0 Å². The van der Waals surface area contributed by atoms with Gasteiger partial charge in [-0.2, -0.15) is 0 Å². The van der Waals surface area contributed by atoms with Gasteiger partial charge in [-0.3, -0.25) is 19.3 Å². The number of imide groups is 1. The number of aliphatic carboxylic acids is 1. The quantitative estimate of drug-likeness (QED) is 0.698. The van der Waals surface area contributed by atoms with Crippen LogP contribution in [0, 0.1) is 0 Å². The molecule has 1 aromatic rings. The Morgan fingerprint density at radius 3 is 2.71 bits per heavy atom. The van der Waals surface area contributed by atoms with Crippen LogP contribution in [-0.4, -0.2) is 77.4 Å². The van der Waals surface area contributed by atoms with Crippen molar-refractivity contribution in [3.63, 3.8) is 0 Å². The molecule has 0 unspecified atom stereocenters. The molecule has 0 bridgehead atoms. The maximum atomic E-state index is 12.6. The van der Waals surface area contributed by atoms with E-state index in [2.05, 4.69) is 0 Å². The van der Waals surface area contributed by atoms with E-state index in [9.17, 15) is 19.2 Å². The van der Waals surface area contributed by atoms with Crippen molar-refractivity contribution in [2.24, 2.45) is 0 Å². The van der Waals surface area contributed by atoms with E-state index in [1.165, 1.54) is 6.08 Å². The van der Waals surface area contributed by atoms with Crippen LogP contribution in [0.5, 0.6) is 5.75 Å². The first-order valence-corrected chi connectivity index (χ1v) is 9.31. The monoisotopic (exact) mass is 406 g/mol. The number of morpholine rings is 1. The number of rotatable bonds is 6. The smallest absolute Gasteiger partial charge is 0.341 e.